The number of esters is 1. The van der Waals surface area contributed by atoms with Crippen LogP contribution in [0, 0.1) is 6.92 Å². The van der Waals surface area contributed by atoms with Gasteiger partial charge >= 0.3 is 12.1 Å². The van der Waals surface area contributed by atoms with Crippen molar-refractivity contribution >= 4 is 23.7 Å². The first kappa shape index (κ1) is 23.2. The summed E-state index contributed by atoms with van der Waals surface area (Å²) in [7, 11) is 0. The second kappa shape index (κ2) is 9.24. The van der Waals surface area contributed by atoms with E-state index in [-0.39, 0.29) is 18.0 Å². The van der Waals surface area contributed by atoms with Gasteiger partial charge < -0.3 is 24.2 Å². The quantitative estimate of drug-likeness (QED) is 0.627. The van der Waals surface area contributed by atoms with E-state index in [1.54, 1.807) is 15.9 Å². The Bertz CT molecular complexity index is 1160. The van der Waals surface area contributed by atoms with E-state index in [2.05, 4.69) is 4.90 Å². The van der Waals surface area contributed by atoms with Crippen molar-refractivity contribution in [2.24, 2.45) is 0 Å². The predicted molar refractivity (Wildman–Crippen MR) is 131 cm³/mol. The lowest BCUT2D eigenvalue weighted by Crippen LogP contribution is -2.49. The van der Waals surface area contributed by atoms with E-state index in [4.69, 9.17) is 9.47 Å². The minimum Gasteiger partial charge on any atom is -0.449 e. The molecule has 0 radical (unpaired) electrons. The molecule has 3 aliphatic heterocycles. The average molecular weight is 478 g/mol. The Morgan fingerprint density at radius 2 is 1.80 bits per heavy atom. The summed E-state index contributed by atoms with van der Waals surface area (Å²) < 4.78 is 11.0. The standard InChI is InChI=1S/C27H31N3O5/c1-3-16-34-26(33)29-14-12-28(13-15-29)20-8-9-21(19(2)17-20)24(31)30-11-10-27(18-30)23-7-5-4-6-22(23)25(32)35-27/h4-9,17H,3,10-16,18H2,1-2H3/t27-/m0/s1. The highest BCUT2D eigenvalue weighted by Gasteiger charge is 2.51. The Balaban J connectivity index is 1.24. The van der Waals surface area contributed by atoms with Crippen molar-refractivity contribution in [2.45, 2.75) is 32.3 Å². The molecule has 35 heavy (non-hydrogen) atoms. The number of hydrogen-bond donors (Lipinski definition) is 0. The van der Waals surface area contributed by atoms with Crippen LogP contribution in [0.3, 0.4) is 0 Å². The Kier molecular flexibility index (Phi) is 6.13. The summed E-state index contributed by atoms with van der Waals surface area (Å²) in [6, 6.07) is 13.3. The molecule has 0 aliphatic carbocycles. The molecule has 2 aromatic rings. The highest BCUT2D eigenvalue weighted by molar-refractivity contribution is 5.97. The monoisotopic (exact) mass is 477 g/mol. The maximum absolute atomic E-state index is 13.4. The number of likely N-dealkylation sites (tertiary alicyclic amines) is 1. The largest absolute Gasteiger partial charge is 0.449 e. The molecule has 1 spiro atoms. The molecule has 0 unspecified atom stereocenters. The van der Waals surface area contributed by atoms with E-state index in [1.165, 1.54) is 0 Å². The number of amides is 2. The van der Waals surface area contributed by atoms with Crippen molar-refractivity contribution in [3.63, 3.8) is 0 Å². The SMILES string of the molecule is CCCOC(=O)N1CCN(c2ccc(C(=O)N3CC[C@@]4(C3)OC(=O)c3ccccc34)c(C)c2)CC1. The maximum Gasteiger partial charge on any atom is 0.409 e. The van der Waals surface area contributed by atoms with Gasteiger partial charge in [-0.15, -0.1) is 0 Å². The number of piperazine rings is 1. The molecule has 8 heteroatoms. The van der Waals surface area contributed by atoms with Crippen molar-refractivity contribution in [2.75, 3.05) is 50.8 Å². The van der Waals surface area contributed by atoms with Gasteiger partial charge in [0.25, 0.3) is 5.91 Å². The van der Waals surface area contributed by atoms with Crippen LogP contribution in [0.25, 0.3) is 0 Å². The normalized spacial score (nSPS) is 21.3. The number of nitrogens with zero attached hydrogens (tertiary/aromatic N) is 3. The molecule has 8 nitrogen and oxygen atoms in total. The van der Waals surface area contributed by atoms with E-state index in [0.29, 0.717) is 63.4 Å². The van der Waals surface area contributed by atoms with Crippen molar-refractivity contribution in [3.05, 3.63) is 64.7 Å². The average Bonchev–Trinajstić information content (AvgIpc) is 3.43. The van der Waals surface area contributed by atoms with Gasteiger partial charge in [-0.05, 0) is 43.2 Å². The number of ether oxygens (including phenoxy) is 2. The fraction of sp³-hybridized carbons (Fsp3) is 0.444. The van der Waals surface area contributed by atoms with E-state index in [1.807, 2.05) is 50.2 Å². The molecule has 3 aliphatic rings. The third-order valence-corrected chi connectivity index (χ3v) is 7.22. The molecule has 0 N–H and O–H groups in total. The summed E-state index contributed by atoms with van der Waals surface area (Å²) in [5.41, 5.74) is 3.34. The van der Waals surface area contributed by atoms with Crippen LogP contribution < -0.4 is 4.90 Å². The fourth-order valence-electron chi connectivity index (χ4n) is 5.29. The number of hydrogen-bond acceptors (Lipinski definition) is 6. The topological polar surface area (TPSA) is 79.4 Å². The van der Waals surface area contributed by atoms with Crippen LogP contribution in [0.4, 0.5) is 10.5 Å². The number of fused-ring (bicyclic) bond motifs is 2. The van der Waals surface area contributed by atoms with E-state index >= 15 is 0 Å². The van der Waals surface area contributed by atoms with Crippen LogP contribution in [0.15, 0.2) is 42.5 Å². The zero-order chi connectivity index (χ0) is 24.6. The molecular formula is C27H31N3O5. The molecule has 1 atom stereocenters. The fourth-order valence-corrected chi connectivity index (χ4v) is 5.29. The third-order valence-electron chi connectivity index (χ3n) is 7.22. The molecule has 0 saturated carbocycles. The molecule has 2 fully saturated rings. The molecule has 184 valence electrons. The lowest BCUT2D eigenvalue weighted by molar-refractivity contribution is -0.00307. The van der Waals surface area contributed by atoms with Crippen molar-refractivity contribution in [1.29, 1.82) is 0 Å². The number of benzene rings is 2. The van der Waals surface area contributed by atoms with Gasteiger partial charge in [-0.2, -0.15) is 0 Å². The molecule has 0 bridgehead atoms. The number of anilines is 1. The molecule has 5 rings (SSSR count). The first-order valence-corrected chi connectivity index (χ1v) is 12.3. The first-order chi connectivity index (χ1) is 16.9. The Morgan fingerprint density at radius 1 is 1.03 bits per heavy atom. The number of carbonyl (C=O) groups excluding carboxylic acids is 3. The maximum atomic E-state index is 13.4. The van der Waals surface area contributed by atoms with Crippen molar-refractivity contribution < 1.29 is 23.9 Å². The second-order valence-corrected chi connectivity index (χ2v) is 9.49. The summed E-state index contributed by atoms with van der Waals surface area (Å²) in [5, 5.41) is 0. The van der Waals surface area contributed by atoms with Crippen LogP contribution in [-0.4, -0.2) is 73.6 Å². The molecule has 2 aromatic carbocycles. The van der Waals surface area contributed by atoms with Gasteiger partial charge in [0.05, 0.1) is 18.7 Å². The molecule has 2 amide bonds. The number of carbonyl (C=O) groups is 3. The second-order valence-electron chi connectivity index (χ2n) is 9.49. The van der Waals surface area contributed by atoms with Gasteiger partial charge in [0.2, 0.25) is 0 Å². The van der Waals surface area contributed by atoms with Gasteiger partial charge in [-0.25, -0.2) is 9.59 Å². The van der Waals surface area contributed by atoms with Crippen molar-refractivity contribution in [3.8, 4) is 0 Å². The summed E-state index contributed by atoms with van der Waals surface area (Å²) >= 11 is 0. The van der Waals surface area contributed by atoms with Gasteiger partial charge in [-0.3, -0.25) is 4.79 Å². The lowest BCUT2D eigenvalue weighted by Gasteiger charge is -2.35. The van der Waals surface area contributed by atoms with Crippen LogP contribution in [-0.2, 0) is 15.1 Å². The summed E-state index contributed by atoms with van der Waals surface area (Å²) in [4.78, 5) is 43.6. The summed E-state index contributed by atoms with van der Waals surface area (Å²) in [6.45, 7) is 7.93. The first-order valence-electron chi connectivity index (χ1n) is 12.3. The van der Waals surface area contributed by atoms with E-state index < -0.39 is 5.60 Å². The van der Waals surface area contributed by atoms with Gasteiger partial charge in [0.15, 0.2) is 5.60 Å². The summed E-state index contributed by atoms with van der Waals surface area (Å²) in [6.07, 6.45) is 1.17. The van der Waals surface area contributed by atoms with Gasteiger partial charge in [0, 0.05) is 56.0 Å². The van der Waals surface area contributed by atoms with Crippen LogP contribution >= 0.6 is 0 Å². The van der Waals surface area contributed by atoms with Gasteiger partial charge in [-0.1, -0.05) is 25.1 Å². The molecule has 0 aromatic heterocycles. The smallest absolute Gasteiger partial charge is 0.409 e. The predicted octanol–water partition coefficient (Wildman–Crippen LogP) is 3.58. The van der Waals surface area contributed by atoms with E-state index in [9.17, 15) is 14.4 Å². The molecule has 3 heterocycles. The van der Waals surface area contributed by atoms with Gasteiger partial charge in [0.1, 0.15) is 0 Å². The number of aryl methyl sites for hydroxylation is 1. The lowest BCUT2D eigenvalue weighted by atomic mass is 9.91. The Morgan fingerprint density at radius 3 is 2.54 bits per heavy atom. The number of rotatable bonds is 4. The van der Waals surface area contributed by atoms with Crippen LogP contribution in [0.1, 0.15) is 51.6 Å². The minimum atomic E-state index is -0.741. The third kappa shape index (κ3) is 4.22. The van der Waals surface area contributed by atoms with Crippen LogP contribution in [0.5, 0.6) is 0 Å². The van der Waals surface area contributed by atoms with Crippen molar-refractivity contribution in [1.82, 2.24) is 9.80 Å². The Labute approximate surface area is 205 Å². The Hall–Kier alpha value is -3.55. The van der Waals surface area contributed by atoms with E-state index in [0.717, 1.165) is 23.2 Å². The zero-order valence-corrected chi connectivity index (χ0v) is 20.3. The minimum absolute atomic E-state index is 0.0464. The molecular weight excluding hydrogens is 446 g/mol. The highest BCUT2D eigenvalue weighted by atomic mass is 16.6. The summed E-state index contributed by atoms with van der Waals surface area (Å²) in [5.74, 6) is -0.357. The molecule has 2 saturated heterocycles. The van der Waals surface area contributed by atoms with Crippen LogP contribution in [0.2, 0.25) is 0 Å². The zero-order valence-electron chi connectivity index (χ0n) is 20.3. The highest BCUT2D eigenvalue weighted by Crippen LogP contribution is 2.43.